The number of nitrogens with two attached hydrogens (primary N) is 1. The van der Waals surface area contributed by atoms with Crippen LogP contribution in [0.3, 0.4) is 0 Å². The summed E-state index contributed by atoms with van der Waals surface area (Å²) < 4.78 is 13.6. The van der Waals surface area contributed by atoms with Gasteiger partial charge in [0.1, 0.15) is 17.5 Å². The van der Waals surface area contributed by atoms with E-state index in [0.29, 0.717) is 12.4 Å². The number of rotatable bonds is 4. The van der Waals surface area contributed by atoms with E-state index in [-0.39, 0.29) is 28.2 Å². The van der Waals surface area contributed by atoms with Crippen LogP contribution in [0.25, 0.3) is 0 Å². The lowest BCUT2D eigenvalue weighted by Gasteiger charge is -2.36. The molecule has 0 radical (unpaired) electrons. The molecule has 8 heteroatoms. The average molecular weight is 344 g/mol. The molecule has 0 bridgehead atoms. The van der Waals surface area contributed by atoms with Crippen LogP contribution >= 0.6 is 11.8 Å². The van der Waals surface area contributed by atoms with Crippen molar-refractivity contribution >= 4 is 25.9 Å². The van der Waals surface area contributed by atoms with Crippen molar-refractivity contribution in [3.8, 4) is 0 Å². The van der Waals surface area contributed by atoms with Gasteiger partial charge in [-0.15, -0.1) is 11.8 Å². The number of anilines is 1. The summed E-state index contributed by atoms with van der Waals surface area (Å²) in [6, 6.07) is 1.61. The van der Waals surface area contributed by atoms with Gasteiger partial charge in [-0.2, -0.15) is 4.98 Å². The number of hydrogen-bond donors (Lipinski definition) is 1. The van der Waals surface area contributed by atoms with Crippen molar-refractivity contribution in [2.75, 3.05) is 18.1 Å². The van der Waals surface area contributed by atoms with Crippen LogP contribution in [0.2, 0.25) is 18.1 Å². The summed E-state index contributed by atoms with van der Waals surface area (Å²) >= 11 is 1.67. The highest BCUT2D eigenvalue weighted by Crippen LogP contribution is 2.38. The van der Waals surface area contributed by atoms with E-state index in [4.69, 9.17) is 14.9 Å². The predicted octanol–water partition coefficient (Wildman–Crippen LogP) is 2.44. The Kier molecular flexibility index (Phi) is 5.05. The van der Waals surface area contributed by atoms with Crippen molar-refractivity contribution in [3.63, 3.8) is 0 Å². The fraction of sp³-hybridized carbons (Fsp3) is 0.714. The number of ether oxygens (including phenoxy) is 1. The highest BCUT2D eigenvalue weighted by atomic mass is 32.2. The highest BCUT2D eigenvalue weighted by molar-refractivity contribution is 8.00. The maximum atomic E-state index is 11.8. The summed E-state index contributed by atoms with van der Waals surface area (Å²) in [6.45, 7) is 11.6. The van der Waals surface area contributed by atoms with Crippen LogP contribution in [-0.4, -0.2) is 35.7 Å². The second kappa shape index (κ2) is 6.35. The Morgan fingerprint density at radius 3 is 2.82 bits per heavy atom. The molecule has 22 heavy (non-hydrogen) atoms. The van der Waals surface area contributed by atoms with Gasteiger partial charge in [-0.05, 0) is 24.2 Å². The molecule has 0 amide bonds. The van der Waals surface area contributed by atoms with Crippen LogP contribution in [0, 0.1) is 0 Å². The van der Waals surface area contributed by atoms with E-state index in [2.05, 4.69) is 38.8 Å². The second-order valence-corrected chi connectivity index (χ2v) is 13.0. The molecule has 0 saturated carbocycles. The largest absolute Gasteiger partial charge is 0.413 e. The minimum atomic E-state index is -1.78. The zero-order chi connectivity index (χ0) is 16.5. The van der Waals surface area contributed by atoms with Crippen molar-refractivity contribution < 1.29 is 9.16 Å². The van der Waals surface area contributed by atoms with E-state index in [0.717, 1.165) is 0 Å². The van der Waals surface area contributed by atoms with Gasteiger partial charge in [0.15, 0.2) is 8.32 Å². The lowest BCUT2D eigenvalue weighted by Crippen LogP contribution is -2.42. The minimum absolute atomic E-state index is 0.0522. The summed E-state index contributed by atoms with van der Waals surface area (Å²) in [7, 11) is -1.78. The van der Waals surface area contributed by atoms with Gasteiger partial charge in [-0.3, -0.25) is 4.57 Å². The minimum Gasteiger partial charge on any atom is -0.413 e. The molecule has 1 aliphatic heterocycles. The summed E-state index contributed by atoms with van der Waals surface area (Å²) in [6.07, 6.45) is 1.33. The molecule has 1 aromatic heterocycles. The van der Waals surface area contributed by atoms with Gasteiger partial charge >= 0.3 is 5.69 Å². The van der Waals surface area contributed by atoms with E-state index < -0.39 is 8.32 Å². The van der Waals surface area contributed by atoms with E-state index in [1.807, 2.05) is 0 Å². The molecule has 1 aliphatic rings. The van der Waals surface area contributed by atoms with Gasteiger partial charge in [0, 0.05) is 11.9 Å². The number of nitrogens with zero attached hydrogens (tertiary/aromatic N) is 2. The third-order valence-corrected chi connectivity index (χ3v) is 9.88. The van der Waals surface area contributed by atoms with Crippen LogP contribution in [0.4, 0.5) is 5.82 Å². The summed E-state index contributed by atoms with van der Waals surface area (Å²) in [5.74, 6) is 0.932. The fourth-order valence-electron chi connectivity index (χ4n) is 1.81. The Balaban J connectivity index is 1.95. The number of thioether (sulfide) groups is 1. The van der Waals surface area contributed by atoms with Gasteiger partial charge in [-0.25, -0.2) is 4.79 Å². The molecule has 2 unspecified atom stereocenters. The first-order valence-corrected chi connectivity index (χ1v) is 11.3. The Labute approximate surface area is 136 Å². The molecule has 2 heterocycles. The van der Waals surface area contributed by atoms with Crippen LogP contribution < -0.4 is 11.4 Å². The van der Waals surface area contributed by atoms with Gasteiger partial charge in [0.05, 0.1) is 6.61 Å². The van der Waals surface area contributed by atoms with Crippen molar-refractivity contribution in [3.05, 3.63) is 22.7 Å². The van der Waals surface area contributed by atoms with Crippen LogP contribution in [-0.2, 0) is 9.16 Å². The average Bonchev–Trinajstić information content (AvgIpc) is 2.83. The van der Waals surface area contributed by atoms with Crippen LogP contribution in [0.5, 0.6) is 0 Å². The van der Waals surface area contributed by atoms with Gasteiger partial charge in [0.25, 0.3) is 0 Å². The van der Waals surface area contributed by atoms with Gasteiger partial charge in [-0.1, -0.05) is 20.8 Å². The quantitative estimate of drug-likeness (QED) is 0.846. The Bertz CT molecular complexity index is 585. The smallest absolute Gasteiger partial charge is 0.351 e. The molecule has 6 nitrogen and oxygen atoms in total. The molecule has 0 aliphatic carbocycles. The van der Waals surface area contributed by atoms with Crippen molar-refractivity contribution in [1.82, 2.24) is 9.55 Å². The van der Waals surface area contributed by atoms with Crippen LogP contribution in [0.15, 0.2) is 17.1 Å². The zero-order valence-electron chi connectivity index (χ0n) is 13.8. The van der Waals surface area contributed by atoms with E-state index >= 15 is 0 Å². The predicted molar refractivity (Wildman–Crippen MR) is 92.4 cm³/mol. The van der Waals surface area contributed by atoms with Gasteiger partial charge < -0.3 is 14.9 Å². The van der Waals surface area contributed by atoms with Crippen molar-refractivity contribution in [2.24, 2.45) is 0 Å². The summed E-state index contributed by atoms with van der Waals surface area (Å²) in [4.78, 5) is 15.6. The molecule has 0 spiro atoms. The normalized spacial score (nSPS) is 23.0. The first-order chi connectivity index (χ1) is 10.1. The molecule has 1 aromatic rings. The van der Waals surface area contributed by atoms with E-state index in [9.17, 15) is 4.79 Å². The third kappa shape index (κ3) is 3.92. The maximum Gasteiger partial charge on any atom is 0.351 e. The van der Waals surface area contributed by atoms with Gasteiger partial charge in [0.2, 0.25) is 0 Å². The molecule has 2 N–H and O–H groups in total. The molecular weight excluding hydrogens is 318 g/mol. The molecule has 0 aromatic carbocycles. The topological polar surface area (TPSA) is 79.4 Å². The lowest BCUT2D eigenvalue weighted by atomic mass is 10.2. The maximum absolute atomic E-state index is 11.8. The number of nitrogen functional groups attached to an aromatic ring is 1. The standard InChI is InChI=1S/C14H25N3O3SSi/c1-14(2,3)22(4,5)19-8-12-20-11(9-21-12)17-7-6-10(15)16-13(17)18/h6-7,11-12H,8-9H2,1-5H3,(H2,15,16,18). The molecule has 1 saturated heterocycles. The highest BCUT2D eigenvalue weighted by Gasteiger charge is 2.38. The van der Waals surface area contributed by atoms with E-state index in [1.54, 1.807) is 24.0 Å². The fourth-order valence-corrected chi connectivity index (χ4v) is 3.93. The second-order valence-electron chi connectivity index (χ2n) is 6.97. The zero-order valence-corrected chi connectivity index (χ0v) is 15.6. The van der Waals surface area contributed by atoms with E-state index in [1.165, 1.54) is 4.57 Å². The summed E-state index contributed by atoms with van der Waals surface area (Å²) in [5.41, 5.74) is 5.07. The molecule has 124 valence electrons. The number of aromatic nitrogens is 2. The van der Waals surface area contributed by atoms with Crippen LogP contribution in [0.1, 0.15) is 27.0 Å². The SMILES string of the molecule is CC(C)(C)[Si](C)(C)OCC1OC(n2ccc(N)nc2=O)CS1. The molecule has 2 atom stereocenters. The first-order valence-electron chi connectivity index (χ1n) is 7.36. The molecular formula is C14H25N3O3SSi. The number of hydrogen-bond acceptors (Lipinski definition) is 6. The lowest BCUT2D eigenvalue weighted by molar-refractivity contribution is -0.00410. The van der Waals surface area contributed by atoms with Crippen molar-refractivity contribution in [1.29, 1.82) is 0 Å². The Hall–Kier alpha value is -0.833. The third-order valence-electron chi connectivity index (χ3n) is 4.28. The monoisotopic (exact) mass is 343 g/mol. The molecule has 2 rings (SSSR count). The Morgan fingerprint density at radius 2 is 2.23 bits per heavy atom. The first kappa shape index (κ1) is 17.5. The molecule has 1 fully saturated rings. The summed E-state index contributed by atoms with van der Waals surface area (Å²) in [5, 5.41) is 0.174. The van der Waals surface area contributed by atoms with Crippen molar-refractivity contribution in [2.45, 2.75) is 50.6 Å². The Morgan fingerprint density at radius 1 is 1.55 bits per heavy atom.